The molecular formula is C18H27N3O2S. The average molecular weight is 350 g/mol. The zero-order valence-corrected chi connectivity index (χ0v) is 15.3. The van der Waals surface area contributed by atoms with Crippen molar-refractivity contribution in [1.82, 2.24) is 10.2 Å². The quantitative estimate of drug-likeness (QED) is 0.585. The van der Waals surface area contributed by atoms with Crippen molar-refractivity contribution in [3.8, 4) is 0 Å². The van der Waals surface area contributed by atoms with E-state index in [2.05, 4.69) is 10.6 Å². The molecule has 0 heterocycles. The highest BCUT2D eigenvalue weighted by Gasteiger charge is 2.14. The van der Waals surface area contributed by atoms with Gasteiger partial charge >= 0.3 is 0 Å². The summed E-state index contributed by atoms with van der Waals surface area (Å²) in [5.74, 6) is -0.00971. The summed E-state index contributed by atoms with van der Waals surface area (Å²) < 4.78 is 5.82. The van der Waals surface area contributed by atoms with Crippen LogP contribution in [-0.4, -0.2) is 49.3 Å². The van der Waals surface area contributed by atoms with E-state index in [1.54, 1.807) is 31.1 Å². The maximum atomic E-state index is 11.8. The van der Waals surface area contributed by atoms with Gasteiger partial charge in [0.25, 0.3) is 5.91 Å². The number of nitrogens with one attached hydrogen (secondary N) is 2. The van der Waals surface area contributed by atoms with Gasteiger partial charge in [-0.05, 0) is 55.7 Å². The van der Waals surface area contributed by atoms with E-state index in [-0.39, 0.29) is 5.91 Å². The molecule has 1 aromatic rings. The first-order chi connectivity index (χ1) is 11.6. The van der Waals surface area contributed by atoms with Crippen LogP contribution in [0.15, 0.2) is 24.3 Å². The Hall–Kier alpha value is -1.66. The number of hydrogen-bond donors (Lipinski definition) is 2. The molecule has 6 heteroatoms. The van der Waals surface area contributed by atoms with Crippen LogP contribution in [0.25, 0.3) is 0 Å². The predicted octanol–water partition coefficient (Wildman–Crippen LogP) is 3.02. The monoisotopic (exact) mass is 349 g/mol. The Labute approximate surface area is 149 Å². The molecule has 0 bridgehead atoms. The highest BCUT2D eigenvalue weighted by Crippen LogP contribution is 2.20. The van der Waals surface area contributed by atoms with Crippen molar-refractivity contribution in [2.75, 3.05) is 32.6 Å². The fraction of sp³-hybridized carbons (Fsp3) is 0.556. The Kier molecular flexibility index (Phi) is 7.46. The standard InChI is InChI=1S/C18H27N3O2S/c1-21(2)17(22)14-8-10-15(11-9-14)20-18(24)19-12-5-13-23-16-6-3-4-7-16/h8-11,16H,3-7,12-13H2,1-2H3,(H2,19,20,24). The minimum atomic E-state index is -0.00971. The number of carbonyl (C=O) groups is 1. The van der Waals surface area contributed by atoms with Gasteiger partial charge in [0.05, 0.1) is 6.10 Å². The highest BCUT2D eigenvalue weighted by molar-refractivity contribution is 7.80. The lowest BCUT2D eigenvalue weighted by atomic mass is 10.2. The van der Waals surface area contributed by atoms with Crippen LogP contribution in [-0.2, 0) is 4.74 Å². The lowest BCUT2D eigenvalue weighted by Crippen LogP contribution is -2.30. The summed E-state index contributed by atoms with van der Waals surface area (Å²) in [7, 11) is 3.48. The molecule has 5 nitrogen and oxygen atoms in total. The number of nitrogens with zero attached hydrogens (tertiary/aromatic N) is 1. The summed E-state index contributed by atoms with van der Waals surface area (Å²) in [5.41, 5.74) is 1.53. The maximum Gasteiger partial charge on any atom is 0.253 e. The summed E-state index contributed by atoms with van der Waals surface area (Å²) in [4.78, 5) is 13.4. The average Bonchev–Trinajstić information content (AvgIpc) is 3.08. The van der Waals surface area contributed by atoms with Crippen molar-refractivity contribution in [2.24, 2.45) is 0 Å². The van der Waals surface area contributed by atoms with Crippen LogP contribution >= 0.6 is 12.2 Å². The van der Waals surface area contributed by atoms with Crippen molar-refractivity contribution in [2.45, 2.75) is 38.2 Å². The Morgan fingerprint density at radius 3 is 2.54 bits per heavy atom. The zero-order chi connectivity index (χ0) is 17.4. The van der Waals surface area contributed by atoms with E-state index in [0.29, 0.717) is 16.8 Å². The molecular weight excluding hydrogens is 322 g/mol. The van der Waals surface area contributed by atoms with E-state index < -0.39 is 0 Å². The smallest absolute Gasteiger partial charge is 0.253 e. The lowest BCUT2D eigenvalue weighted by Gasteiger charge is -2.13. The second-order valence-electron chi connectivity index (χ2n) is 6.29. The number of anilines is 1. The third-order valence-corrected chi connectivity index (χ3v) is 4.30. The number of thiocarbonyl (C=S) groups is 1. The molecule has 2 N–H and O–H groups in total. The molecule has 1 aliphatic carbocycles. The number of carbonyl (C=O) groups excluding carboxylic acids is 1. The minimum Gasteiger partial charge on any atom is -0.378 e. The normalized spacial score (nSPS) is 14.4. The second-order valence-corrected chi connectivity index (χ2v) is 6.70. The fourth-order valence-corrected chi connectivity index (χ4v) is 2.93. The molecule has 1 amide bonds. The predicted molar refractivity (Wildman–Crippen MR) is 102 cm³/mol. The molecule has 0 spiro atoms. The Morgan fingerprint density at radius 1 is 1.25 bits per heavy atom. The van der Waals surface area contributed by atoms with Crippen molar-refractivity contribution in [3.63, 3.8) is 0 Å². The van der Waals surface area contributed by atoms with E-state index in [1.807, 2.05) is 12.1 Å². The number of hydrogen-bond acceptors (Lipinski definition) is 3. The number of rotatable bonds is 7. The number of benzene rings is 1. The van der Waals surface area contributed by atoms with Crippen LogP contribution < -0.4 is 10.6 Å². The Balaban J connectivity index is 1.63. The Morgan fingerprint density at radius 2 is 1.92 bits per heavy atom. The van der Waals surface area contributed by atoms with Crippen LogP contribution in [0.4, 0.5) is 5.69 Å². The molecule has 0 unspecified atom stereocenters. The third-order valence-electron chi connectivity index (χ3n) is 4.06. The van der Waals surface area contributed by atoms with Gasteiger partial charge in [-0.25, -0.2) is 0 Å². The topological polar surface area (TPSA) is 53.6 Å². The second kappa shape index (κ2) is 9.59. The van der Waals surface area contributed by atoms with Gasteiger partial charge in [0.1, 0.15) is 0 Å². The number of amides is 1. The van der Waals surface area contributed by atoms with Crippen LogP contribution in [0.2, 0.25) is 0 Å². The molecule has 0 aliphatic heterocycles. The molecule has 1 saturated carbocycles. The SMILES string of the molecule is CN(C)C(=O)c1ccc(NC(=S)NCCCOC2CCCC2)cc1. The van der Waals surface area contributed by atoms with Crippen molar-refractivity contribution in [3.05, 3.63) is 29.8 Å². The van der Waals surface area contributed by atoms with E-state index in [4.69, 9.17) is 17.0 Å². The summed E-state index contributed by atoms with van der Waals surface area (Å²) in [5, 5.41) is 6.89. The summed E-state index contributed by atoms with van der Waals surface area (Å²) in [6.07, 6.45) is 6.43. The van der Waals surface area contributed by atoms with Gasteiger partial charge in [-0.2, -0.15) is 0 Å². The van der Waals surface area contributed by atoms with E-state index in [9.17, 15) is 4.79 Å². The van der Waals surface area contributed by atoms with Gasteiger partial charge in [0, 0.05) is 38.5 Å². The number of ether oxygens (including phenoxy) is 1. The molecule has 132 valence electrons. The molecule has 1 aliphatic rings. The summed E-state index contributed by atoms with van der Waals surface area (Å²) in [6, 6.07) is 7.30. The van der Waals surface area contributed by atoms with Crippen LogP contribution in [0.3, 0.4) is 0 Å². The summed E-state index contributed by atoms with van der Waals surface area (Å²) >= 11 is 5.28. The van der Waals surface area contributed by atoms with Gasteiger partial charge in [-0.3, -0.25) is 4.79 Å². The van der Waals surface area contributed by atoms with Gasteiger partial charge < -0.3 is 20.3 Å². The molecule has 0 saturated heterocycles. The third kappa shape index (κ3) is 6.09. The highest BCUT2D eigenvalue weighted by atomic mass is 32.1. The first-order valence-electron chi connectivity index (χ1n) is 8.54. The Bertz CT molecular complexity index is 540. The molecule has 0 atom stereocenters. The lowest BCUT2D eigenvalue weighted by molar-refractivity contribution is 0.0574. The maximum absolute atomic E-state index is 11.8. The van der Waals surface area contributed by atoms with E-state index in [0.717, 1.165) is 25.3 Å². The van der Waals surface area contributed by atoms with Gasteiger partial charge in [-0.15, -0.1) is 0 Å². The van der Waals surface area contributed by atoms with E-state index >= 15 is 0 Å². The van der Waals surface area contributed by atoms with Crippen molar-refractivity contribution in [1.29, 1.82) is 0 Å². The van der Waals surface area contributed by atoms with E-state index in [1.165, 1.54) is 25.7 Å². The van der Waals surface area contributed by atoms with Crippen LogP contribution in [0.1, 0.15) is 42.5 Å². The van der Waals surface area contributed by atoms with Crippen LogP contribution in [0.5, 0.6) is 0 Å². The van der Waals surface area contributed by atoms with Gasteiger partial charge in [-0.1, -0.05) is 12.8 Å². The summed E-state index contributed by atoms with van der Waals surface area (Å²) in [6.45, 7) is 1.57. The fourth-order valence-electron chi connectivity index (χ4n) is 2.71. The van der Waals surface area contributed by atoms with Crippen LogP contribution in [0, 0.1) is 0 Å². The first-order valence-corrected chi connectivity index (χ1v) is 8.95. The van der Waals surface area contributed by atoms with Gasteiger partial charge in [0.2, 0.25) is 0 Å². The molecule has 0 radical (unpaired) electrons. The van der Waals surface area contributed by atoms with Crippen molar-refractivity contribution >= 4 is 28.9 Å². The molecule has 24 heavy (non-hydrogen) atoms. The molecule has 1 fully saturated rings. The molecule has 2 rings (SSSR count). The minimum absolute atomic E-state index is 0.00971. The molecule has 1 aromatic carbocycles. The molecule has 0 aromatic heterocycles. The zero-order valence-electron chi connectivity index (χ0n) is 14.5. The van der Waals surface area contributed by atoms with Crippen molar-refractivity contribution < 1.29 is 9.53 Å². The largest absolute Gasteiger partial charge is 0.378 e. The van der Waals surface area contributed by atoms with Gasteiger partial charge in [0.15, 0.2) is 5.11 Å². The first kappa shape index (κ1) is 18.7.